The molecule has 0 spiro atoms. The van der Waals surface area contributed by atoms with Crippen LogP contribution in [-0.4, -0.2) is 11.8 Å². The predicted molar refractivity (Wildman–Crippen MR) is 96.6 cm³/mol. The van der Waals surface area contributed by atoms with Crippen LogP contribution in [-0.2, 0) is 16.1 Å². The maximum absolute atomic E-state index is 12.5. The van der Waals surface area contributed by atoms with E-state index in [1.807, 2.05) is 37.3 Å². The van der Waals surface area contributed by atoms with E-state index in [4.69, 9.17) is 5.26 Å². The second-order valence-electron chi connectivity index (χ2n) is 6.44. The summed E-state index contributed by atoms with van der Waals surface area (Å²) in [5.74, 6) is -0.785. The van der Waals surface area contributed by atoms with Crippen molar-refractivity contribution in [2.75, 3.05) is 5.32 Å². The highest BCUT2D eigenvalue weighted by atomic mass is 16.2. The Morgan fingerprint density at radius 3 is 2.48 bits per heavy atom. The molecule has 2 rings (SSSR count). The molecule has 0 atom stereocenters. The van der Waals surface area contributed by atoms with Gasteiger partial charge in [-0.2, -0.15) is 5.26 Å². The zero-order valence-corrected chi connectivity index (χ0v) is 14.6. The van der Waals surface area contributed by atoms with Gasteiger partial charge in [-0.1, -0.05) is 35.9 Å². The largest absolute Gasteiger partial charge is 0.351 e. The molecular weight excluding hydrogens is 314 g/mol. The molecule has 0 heterocycles. The monoisotopic (exact) mass is 335 g/mol. The number of carbonyl (C=O) groups is 2. The van der Waals surface area contributed by atoms with Crippen LogP contribution in [0.5, 0.6) is 0 Å². The van der Waals surface area contributed by atoms with Crippen molar-refractivity contribution >= 4 is 17.5 Å². The van der Waals surface area contributed by atoms with Crippen molar-refractivity contribution in [3.05, 3.63) is 65.2 Å². The van der Waals surface area contributed by atoms with Gasteiger partial charge in [-0.3, -0.25) is 9.59 Å². The molecule has 0 radical (unpaired) electrons. The molecule has 128 valence electrons. The van der Waals surface area contributed by atoms with Crippen molar-refractivity contribution in [2.24, 2.45) is 5.41 Å². The van der Waals surface area contributed by atoms with Gasteiger partial charge in [-0.25, -0.2) is 0 Å². The van der Waals surface area contributed by atoms with Gasteiger partial charge in [0.1, 0.15) is 5.41 Å². The van der Waals surface area contributed by atoms with Crippen LogP contribution in [0.1, 0.15) is 30.5 Å². The van der Waals surface area contributed by atoms with E-state index in [2.05, 4.69) is 10.6 Å². The molecule has 2 N–H and O–H groups in total. The van der Waals surface area contributed by atoms with Crippen LogP contribution in [0.15, 0.2) is 48.5 Å². The molecule has 5 nitrogen and oxygen atoms in total. The summed E-state index contributed by atoms with van der Waals surface area (Å²) in [5.41, 5.74) is 1.78. The number of nitrogens with zero attached hydrogens (tertiary/aromatic N) is 1. The third kappa shape index (κ3) is 4.67. The number of nitriles is 1. The minimum atomic E-state index is -1.24. The first-order valence-electron chi connectivity index (χ1n) is 7.98. The third-order valence-electron chi connectivity index (χ3n) is 3.92. The van der Waals surface area contributed by atoms with Crippen LogP contribution in [0.2, 0.25) is 0 Å². The van der Waals surface area contributed by atoms with E-state index in [1.54, 1.807) is 38.1 Å². The van der Waals surface area contributed by atoms with Gasteiger partial charge in [-0.15, -0.1) is 0 Å². The van der Waals surface area contributed by atoms with E-state index in [0.717, 1.165) is 11.1 Å². The number of nitrogens with one attached hydrogen (secondary N) is 2. The Balaban J connectivity index is 2.01. The Morgan fingerprint density at radius 2 is 1.80 bits per heavy atom. The van der Waals surface area contributed by atoms with Gasteiger partial charge in [0.25, 0.3) is 0 Å². The Kier molecular flexibility index (Phi) is 5.56. The van der Waals surface area contributed by atoms with Gasteiger partial charge in [-0.05, 0) is 44.5 Å². The summed E-state index contributed by atoms with van der Waals surface area (Å²) in [4.78, 5) is 24.9. The Hall–Kier alpha value is -3.13. The molecule has 0 aliphatic rings. The fourth-order valence-electron chi connectivity index (χ4n) is 2.28. The third-order valence-corrected chi connectivity index (χ3v) is 3.92. The molecule has 5 heteroatoms. The maximum Gasteiger partial charge on any atom is 0.239 e. The number of amides is 2. The number of anilines is 1. The van der Waals surface area contributed by atoms with Crippen LogP contribution in [0.3, 0.4) is 0 Å². The lowest BCUT2D eigenvalue weighted by Gasteiger charge is -2.23. The van der Waals surface area contributed by atoms with E-state index in [9.17, 15) is 9.59 Å². The van der Waals surface area contributed by atoms with Crippen LogP contribution in [0, 0.1) is 23.7 Å². The lowest BCUT2D eigenvalue weighted by atomic mass is 9.90. The van der Waals surface area contributed by atoms with Crippen molar-refractivity contribution < 1.29 is 9.59 Å². The molecule has 0 saturated heterocycles. The molecule has 0 aliphatic carbocycles. The minimum absolute atomic E-state index is 0.358. The average molecular weight is 335 g/mol. The maximum atomic E-state index is 12.5. The first-order valence-corrected chi connectivity index (χ1v) is 7.98. The average Bonchev–Trinajstić information content (AvgIpc) is 2.59. The molecule has 0 aromatic heterocycles. The predicted octanol–water partition coefficient (Wildman–Crippen LogP) is 3.15. The van der Waals surface area contributed by atoms with Crippen LogP contribution in [0.4, 0.5) is 5.69 Å². The van der Waals surface area contributed by atoms with Crippen molar-refractivity contribution in [3.63, 3.8) is 0 Å². The lowest BCUT2D eigenvalue weighted by molar-refractivity contribution is -0.138. The van der Waals surface area contributed by atoms with Gasteiger partial charge in [0.15, 0.2) is 0 Å². The summed E-state index contributed by atoms with van der Waals surface area (Å²) in [6.07, 6.45) is 0. The summed E-state index contributed by atoms with van der Waals surface area (Å²) < 4.78 is 0. The molecule has 2 aromatic rings. The molecule has 2 aromatic carbocycles. The zero-order valence-electron chi connectivity index (χ0n) is 14.6. The topological polar surface area (TPSA) is 82.0 Å². The number of aryl methyl sites for hydroxylation is 1. The molecule has 25 heavy (non-hydrogen) atoms. The van der Waals surface area contributed by atoms with Crippen LogP contribution < -0.4 is 10.6 Å². The summed E-state index contributed by atoms with van der Waals surface area (Å²) in [5, 5.41) is 14.4. The first kappa shape index (κ1) is 18.2. The number of carbonyl (C=O) groups excluding carboxylic acids is 2. The van der Waals surface area contributed by atoms with E-state index in [-0.39, 0.29) is 5.91 Å². The van der Waals surface area contributed by atoms with Gasteiger partial charge >= 0.3 is 0 Å². The van der Waals surface area contributed by atoms with Crippen LogP contribution >= 0.6 is 0 Å². The lowest BCUT2D eigenvalue weighted by Crippen LogP contribution is -2.44. The number of benzene rings is 2. The second-order valence-corrected chi connectivity index (χ2v) is 6.44. The SMILES string of the molecule is Cc1cccc(CNC(=O)C(C)(C)C(=O)Nc2cccc(C#N)c2)c1. The van der Waals surface area contributed by atoms with E-state index in [1.165, 1.54) is 0 Å². The van der Waals surface area contributed by atoms with Gasteiger partial charge in [0, 0.05) is 12.2 Å². The standard InChI is InChI=1S/C20H21N3O2/c1-14-6-4-8-16(10-14)13-22-18(24)20(2,3)19(25)23-17-9-5-7-15(11-17)12-21/h4-11H,13H2,1-3H3,(H,22,24)(H,23,25). The van der Waals surface area contributed by atoms with Gasteiger partial charge < -0.3 is 10.6 Å². The molecular formula is C20H21N3O2. The summed E-state index contributed by atoms with van der Waals surface area (Å²) in [7, 11) is 0. The molecule has 0 unspecified atom stereocenters. The first-order chi connectivity index (χ1) is 11.8. The highest BCUT2D eigenvalue weighted by molar-refractivity contribution is 6.09. The number of rotatable bonds is 5. The van der Waals surface area contributed by atoms with Crippen molar-refractivity contribution in [1.29, 1.82) is 5.26 Å². The molecule has 0 saturated carbocycles. The molecule has 0 aliphatic heterocycles. The summed E-state index contributed by atoms with van der Waals surface area (Å²) in [6.45, 7) is 5.49. The van der Waals surface area contributed by atoms with E-state index >= 15 is 0 Å². The van der Waals surface area contributed by atoms with E-state index < -0.39 is 11.3 Å². The van der Waals surface area contributed by atoms with Crippen molar-refractivity contribution in [1.82, 2.24) is 5.32 Å². The fourth-order valence-corrected chi connectivity index (χ4v) is 2.28. The quantitative estimate of drug-likeness (QED) is 0.824. The smallest absolute Gasteiger partial charge is 0.239 e. The van der Waals surface area contributed by atoms with Crippen LogP contribution in [0.25, 0.3) is 0 Å². The fraction of sp³-hybridized carbons (Fsp3) is 0.250. The molecule has 2 amide bonds. The molecule has 0 fully saturated rings. The summed E-state index contributed by atoms with van der Waals surface area (Å²) >= 11 is 0. The number of hydrogen-bond donors (Lipinski definition) is 2. The Labute approximate surface area is 147 Å². The minimum Gasteiger partial charge on any atom is -0.351 e. The normalized spacial score (nSPS) is 10.6. The van der Waals surface area contributed by atoms with Crippen molar-refractivity contribution in [3.8, 4) is 6.07 Å². The van der Waals surface area contributed by atoms with E-state index in [0.29, 0.717) is 17.8 Å². The zero-order chi connectivity index (χ0) is 18.4. The highest BCUT2D eigenvalue weighted by Crippen LogP contribution is 2.20. The highest BCUT2D eigenvalue weighted by Gasteiger charge is 2.35. The van der Waals surface area contributed by atoms with Gasteiger partial charge in [0.05, 0.1) is 11.6 Å². The van der Waals surface area contributed by atoms with Gasteiger partial charge in [0.2, 0.25) is 11.8 Å². The Morgan fingerprint density at radius 1 is 1.08 bits per heavy atom. The van der Waals surface area contributed by atoms with Crippen molar-refractivity contribution in [2.45, 2.75) is 27.3 Å². The molecule has 0 bridgehead atoms. The Bertz CT molecular complexity index is 835. The summed E-state index contributed by atoms with van der Waals surface area (Å²) in [6, 6.07) is 16.4. The second kappa shape index (κ2) is 7.63. The number of hydrogen-bond acceptors (Lipinski definition) is 3.